The van der Waals surface area contributed by atoms with Crippen molar-refractivity contribution in [3.8, 4) is 5.69 Å². The fraction of sp³-hybridized carbons (Fsp3) is 0.188. The van der Waals surface area contributed by atoms with Crippen LogP contribution in [-0.4, -0.2) is 33.0 Å². The zero-order chi connectivity index (χ0) is 15.9. The first-order chi connectivity index (χ1) is 11.3. The number of nitrogens with one attached hydrogen (secondary N) is 1. The summed E-state index contributed by atoms with van der Waals surface area (Å²) in [6.07, 6.45) is 4.76. The van der Waals surface area contributed by atoms with E-state index in [1.54, 1.807) is 41.2 Å². The minimum Gasteiger partial charge on any atom is -0.468 e. The molecule has 0 spiro atoms. The predicted molar refractivity (Wildman–Crippen MR) is 88.6 cm³/mol. The first-order valence-corrected chi connectivity index (χ1v) is 8.32. The molecule has 2 heterocycles. The molecule has 0 saturated carbocycles. The van der Waals surface area contributed by atoms with Gasteiger partial charge in [0.05, 0.1) is 17.7 Å². The molecule has 0 unspecified atom stereocenters. The zero-order valence-corrected chi connectivity index (χ0v) is 13.2. The zero-order valence-electron chi connectivity index (χ0n) is 12.4. The first kappa shape index (κ1) is 15.4. The van der Waals surface area contributed by atoms with E-state index in [-0.39, 0.29) is 5.91 Å². The van der Waals surface area contributed by atoms with E-state index in [0.717, 1.165) is 23.0 Å². The van der Waals surface area contributed by atoms with Crippen LogP contribution in [-0.2, 0) is 5.75 Å². The van der Waals surface area contributed by atoms with Gasteiger partial charge >= 0.3 is 0 Å². The summed E-state index contributed by atoms with van der Waals surface area (Å²) in [5.74, 6) is 2.53. The molecule has 3 rings (SSSR count). The SMILES string of the molecule is O=C(NCCSCc1ccco1)c1ccc(-n2cncn2)cc1. The summed E-state index contributed by atoms with van der Waals surface area (Å²) < 4.78 is 6.90. The largest absolute Gasteiger partial charge is 0.468 e. The van der Waals surface area contributed by atoms with Crippen LogP contribution in [0.15, 0.2) is 59.7 Å². The van der Waals surface area contributed by atoms with E-state index in [2.05, 4.69) is 15.4 Å². The third-order valence-electron chi connectivity index (χ3n) is 3.17. The molecule has 1 aromatic carbocycles. The molecule has 118 valence electrons. The van der Waals surface area contributed by atoms with Crippen molar-refractivity contribution in [1.82, 2.24) is 20.1 Å². The van der Waals surface area contributed by atoms with Crippen molar-refractivity contribution in [1.29, 1.82) is 0 Å². The number of amides is 1. The van der Waals surface area contributed by atoms with E-state index < -0.39 is 0 Å². The lowest BCUT2D eigenvalue weighted by Gasteiger charge is -2.06. The molecule has 23 heavy (non-hydrogen) atoms. The van der Waals surface area contributed by atoms with E-state index in [1.807, 2.05) is 24.3 Å². The fourth-order valence-corrected chi connectivity index (χ4v) is 2.77. The Labute approximate surface area is 137 Å². The van der Waals surface area contributed by atoms with Crippen LogP contribution < -0.4 is 5.32 Å². The van der Waals surface area contributed by atoms with Gasteiger partial charge in [0.15, 0.2) is 0 Å². The maximum absolute atomic E-state index is 12.1. The van der Waals surface area contributed by atoms with Gasteiger partial charge in [0.1, 0.15) is 18.4 Å². The molecule has 0 fully saturated rings. The van der Waals surface area contributed by atoms with Crippen molar-refractivity contribution >= 4 is 17.7 Å². The van der Waals surface area contributed by atoms with Crippen LogP contribution in [0.5, 0.6) is 0 Å². The van der Waals surface area contributed by atoms with Gasteiger partial charge in [-0.2, -0.15) is 16.9 Å². The highest BCUT2D eigenvalue weighted by molar-refractivity contribution is 7.98. The molecule has 0 aliphatic carbocycles. The summed E-state index contributed by atoms with van der Waals surface area (Å²) in [5.41, 5.74) is 1.50. The number of carbonyl (C=O) groups is 1. The lowest BCUT2D eigenvalue weighted by molar-refractivity contribution is 0.0956. The van der Waals surface area contributed by atoms with E-state index in [4.69, 9.17) is 4.42 Å². The molecule has 7 heteroatoms. The molecular formula is C16H16N4O2S. The normalized spacial score (nSPS) is 10.6. The van der Waals surface area contributed by atoms with Crippen molar-refractivity contribution in [2.24, 2.45) is 0 Å². The number of hydrogen-bond acceptors (Lipinski definition) is 5. The van der Waals surface area contributed by atoms with Crippen LogP contribution in [0.25, 0.3) is 5.69 Å². The Morgan fingerprint density at radius 3 is 2.83 bits per heavy atom. The molecule has 0 radical (unpaired) electrons. The molecule has 0 saturated heterocycles. The Bertz CT molecular complexity index is 724. The number of furan rings is 1. The maximum atomic E-state index is 12.1. The van der Waals surface area contributed by atoms with Gasteiger partial charge in [0.25, 0.3) is 5.91 Å². The standard InChI is InChI=1S/C16H16N4O2S/c21-16(18-7-9-23-10-15-2-1-8-22-15)13-3-5-14(6-4-13)20-12-17-11-19-20/h1-6,8,11-12H,7,9-10H2,(H,18,21). The second kappa shape index (κ2) is 7.64. The van der Waals surface area contributed by atoms with Crippen LogP contribution in [0.2, 0.25) is 0 Å². The second-order valence-corrected chi connectivity index (χ2v) is 5.88. The summed E-state index contributed by atoms with van der Waals surface area (Å²) in [4.78, 5) is 16.0. The minimum atomic E-state index is -0.0752. The molecule has 0 aliphatic rings. The monoisotopic (exact) mass is 328 g/mol. The average Bonchev–Trinajstić information content (AvgIpc) is 3.28. The molecule has 2 aromatic heterocycles. The number of nitrogens with zero attached hydrogens (tertiary/aromatic N) is 3. The lowest BCUT2D eigenvalue weighted by atomic mass is 10.2. The predicted octanol–water partition coefficient (Wildman–Crippen LogP) is 2.52. The molecule has 0 bridgehead atoms. The van der Waals surface area contributed by atoms with Gasteiger partial charge in [0, 0.05) is 17.9 Å². The third-order valence-corrected chi connectivity index (χ3v) is 4.15. The Hall–Kier alpha value is -2.54. The topological polar surface area (TPSA) is 73.0 Å². The minimum absolute atomic E-state index is 0.0752. The molecule has 0 aliphatic heterocycles. The van der Waals surface area contributed by atoms with Crippen molar-refractivity contribution in [3.05, 3.63) is 66.6 Å². The van der Waals surface area contributed by atoms with Gasteiger partial charge in [-0.05, 0) is 36.4 Å². The Morgan fingerprint density at radius 1 is 1.26 bits per heavy atom. The second-order valence-electron chi connectivity index (χ2n) is 4.77. The highest BCUT2D eigenvalue weighted by Crippen LogP contribution is 2.12. The Balaban J connectivity index is 1.43. The van der Waals surface area contributed by atoms with Gasteiger partial charge in [-0.1, -0.05) is 0 Å². The average molecular weight is 328 g/mol. The molecule has 3 aromatic rings. The summed E-state index contributed by atoms with van der Waals surface area (Å²) in [5, 5.41) is 6.95. The number of aromatic nitrogens is 3. The van der Waals surface area contributed by atoms with Crippen molar-refractivity contribution in [2.75, 3.05) is 12.3 Å². The molecule has 0 atom stereocenters. The Kier molecular flexibility index (Phi) is 5.10. The molecular weight excluding hydrogens is 312 g/mol. The highest BCUT2D eigenvalue weighted by Gasteiger charge is 2.05. The van der Waals surface area contributed by atoms with Crippen molar-refractivity contribution in [3.63, 3.8) is 0 Å². The summed E-state index contributed by atoms with van der Waals surface area (Å²) in [6, 6.07) is 11.1. The van der Waals surface area contributed by atoms with Gasteiger partial charge in [0.2, 0.25) is 0 Å². The van der Waals surface area contributed by atoms with Gasteiger partial charge in [-0.25, -0.2) is 9.67 Å². The fourth-order valence-electron chi connectivity index (χ4n) is 2.01. The van der Waals surface area contributed by atoms with Crippen LogP contribution in [0, 0.1) is 0 Å². The smallest absolute Gasteiger partial charge is 0.251 e. The van der Waals surface area contributed by atoms with Crippen LogP contribution in [0.1, 0.15) is 16.1 Å². The van der Waals surface area contributed by atoms with Crippen LogP contribution >= 0.6 is 11.8 Å². The van der Waals surface area contributed by atoms with Gasteiger partial charge in [-0.3, -0.25) is 4.79 Å². The number of thioether (sulfide) groups is 1. The lowest BCUT2D eigenvalue weighted by Crippen LogP contribution is -2.25. The highest BCUT2D eigenvalue weighted by atomic mass is 32.2. The molecule has 1 amide bonds. The van der Waals surface area contributed by atoms with Crippen LogP contribution in [0.3, 0.4) is 0 Å². The van der Waals surface area contributed by atoms with E-state index in [0.29, 0.717) is 12.1 Å². The number of benzene rings is 1. The summed E-state index contributed by atoms with van der Waals surface area (Å²) in [6.45, 7) is 0.620. The number of hydrogen-bond donors (Lipinski definition) is 1. The third kappa shape index (κ3) is 4.23. The van der Waals surface area contributed by atoms with Gasteiger partial charge in [-0.15, -0.1) is 0 Å². The first-order valence-electron chi connectivity index (χ1n) is 7.16. The maximum Gasteiger partial charge on any atom is 0.251 e. The van der Waals surface area contributed by atoms with Gasteiger partial charge < -0.3 is 9.73 Å². The quantitative estimate of drug-likeness (QED) is 0.675. The number of carbonyl (C=O) groups excluding carboxylic acids is 1. The number of rotatable bonds is 7. The van der Waals surface area contributed by atoms with E-state index in [9.17, 15) is 4.79 Å². The van der Waals surface area contributed by atoms with E-state index in [1.165, 1.54) is 6.33 Å². The van der Waals surface area contributed by atoms with E-state index >= 15 is 0 Å². The Morgan fingerprint density at radius 2 is 2.13 bits per heavy atom. The van der Waals surface area contributed by atoms with Crippen molar-refractivity contribution in [2.45, 2.75) is 5.75 Å². The van der Waals surface area contributed by atoms with Crippen molar-refractivity contribution < 1.29 is 9.21 Å². The van der Waals surface area contributed by atoms with Crippen LogP contribution in [0.4, 0.5) is 0 Å². The summed E-state index contributed by atoms with van der Waals surface area (Å²) >= 11 is 1.72. The molecule has 6 nitrogen and oxygen atoms in total. The summed E-state index contributed by atoms with van der Waals surface area (Å²) in [7, 11) is 0. The molecule has 1 N–H and O–H groups in total.